The first kappa shape index (κ1) is 12.5. The van der Waals surface area contributed by atoms with Gasteiger partial charge >= 0.3 is 5.97 Å². The number of halogens is 2. The largest absolute Gasteiger partial charge is 0.467 e. The molecule has 0 radical (unpaired) electrons. The summed E-state index contributed by atoms with van der Waals surface area (Å²) in [5.41, 5.74) is 0. The Labute approximate surface area is 111 Å². The Morgan fingerprint density at radius 1 is 1.75 bits per heavy atom. The Hall–Kier alpha value is 0.0600. The van der Waals surface area contributed by atoms with Gasteiger partial charge in [-0.1, -0.05) is 15.9 Å². The molecule has 0 spiro atoms. The van der Waals surface area contributed by atoms with Crippen molar-refractivity contribution in [3.8, 4) is 0 Å². The van der Waals surface area contributed by atoms with Crippen LogP contribution in [0.1, 0.15) is 6.92 Å². The van der Waals surface area contributed by atoms with Gasteiger partial charge in [-0.05, 0) is 6.92 Å². The van der Waals surface area contributed by atoms with E-state index >= 15 is 0 Å². The predicted octanol–water partition coefficient (Wildman–Crippen LogP) is 1.20. The number of β-lactam (4-membered cyclic amide) rings is 1. The van der Waals surface area contributed by atoms with Crippen LogP contribution in [0.25, 0.3) is 0 Å². The molecule has 0 unspecified atom stereocenters. The summed E-state index contributed by atoms with van der Waals surface area (Å²) in [6.45, 7) is 1.89. The van der Waals surface area contributed by atoms with Crippen LogP contribution in [0, 0.1) is 0 Å². The molecule has 0 bridgehead atoms. The van der Waals surface area contributed by atoms with Gasteiger partial charge in [0.05, 0.1) is 11.9 Å². The molecule has 0 aliphatic carbocycles. The molecule has 0 aromatic heterocycles. The molecule has 2 fully saturated rings. The highest BCUT2D eigenvalue weighted by Crippen LogP contribution is 2.53. The van der Waals surface area contributed by atoms with Gasteiger partial charge in [-0.2, -0.15) is 0 Å². The SMILES string of the molecule is COC(=O)[C@@H]1N2C(=O)[C@H](Br)[C@H]2S[C@@]1(C)CCl. The number of rotatable bonds is 2. The number of methoxy groups -OCH3 is 1. The smallest absolute Gasteiger partial charge is 0.330 e. The maximum absolute atomic E-state index is 11.7. The van der Waals surface area contributed by atoms with E-state index in [1.54, 1.807) is 16.7 Å². The summed E-state index contributed by atoms with van der Waals surface area (Å²) in [4.78, 5) is 24.8. The molecular formula is C9H11BrClNO3S. The molecule has 2 aliphatic heterocycles. The van der Waals surface area contributed by atoms with Gasteiger partial charge in [0, 0.05) is 5.88 Å². The first-order valence-electron chi connectivity index (χ1n) is 4.74. The van der Waals surface area contributed by atoms with Crippen molar-refractivity contribution in [3.63, 3.8) is 0 Å². The third-order valence-electron chi connectivity index (χ3n) is 2.95. The van der Waals surface area contributed by atoms with Gasteiger partial charge in [0.2, 0.25) is 5.91 Å². The highest BCUT2D eigenvalue weighted by molar-refractivity contribution is 9.10. The molecule has 2 heterocycles. The Bertz CT molecular complexity index is 356. The van der Waals surface area contributed by atoms with Gasteiger partial charge in [-0.3, -0.25) is 4.79 Å². The fourth-order valence-corrected chi connectivity index (χ4v) is 4.73. The summed E-state index contributed by atoms with van der Waals surface area (Å²) in [5, 5.41) is -0.0136. The number of ether oxygens (including phenoxy) is 1. The van der Waals surface area contributed by atoms with E-state index in [0.717, 1.165) is 0 Å². The van der Waals surface area contributed by atoms with Gasteiger partial charge in [0.15, 0.2) is 0 Å². The van der Waals surface area contributed by atoms with E-state index in [1.807, 2.05) is 6.92 Å². The number of carbonyl (C=O) groups is 2. The molecule has 2 rings (SSSR count). The monoisotopic (exact) mass is 327 g/mol. The fourth-order valence-electron chi connectivity index (χ4n) is 2.05. The summed E-state index contributed by atoms with van der Waals surface area (Å²) in [7, 11) is 1.32. The lowest BCUT2D eigenvalue weighted by molar-refractivity contribution is -0.158. The standard InChI is InChI=1S/C9H11BrClNO3S/c1-9(3-11)5(8(14)15-2)12-6(13)4(10)7(12)16-9/h4-5,7H,3H2,1-2H3/t4-,5-,7+,9-/m0/s1. The van der Waals surface area contributed by atoms with Crippen molar-refractivity contribution in [2.45, 2.75) is 27.9 Å². The molecule has 90 valence electrons. The number of amides is 1. The van der Waals surface area contributed by atoms with Crippen LogP contribution in [0.3, 0.4) is 0 Å². The average Bonchev–Trinajstić information content (AvgIpc) is 2.59. The van der Waals surface area contributed by atoms with E-state index in [2.05, 4.69) is 15.9 Å². The van der Waals surface area contributed by atoms with Crippen molar-refractivity contribution in [2.75, 3.05) is 13.0 Å². The first-order valence-corrected chi connectivity index (χ1v) is 7.07. The predicted molar refractivity (Wildman–Crippen MR) is 65.9 cm³/mol. The molecule has 16 heavy (non-hydrogen) atoms. The molecule has 0 aromatic carbocycles. The van der Waals surface area contributed by atoms with Gasteiger partial charge in [-0.25, -0.2) is 4.79 Å². The Kier molecular flexibility index (Phi) is 3.18. The first-order chi connectivity index (χ1) is 7.46. The second kappa shape index (κ2) is 4.07. The number of hydrogen-bond acceptors (Lipinski definition) is 4. The minimum Gasteiger partial charge on any atom is -0.467 e. The minimum absolute atomic E-state index is 0.0136. The molecule has 4 atom stereocenters. The van der Waals surface area contributed by atoms with Crippen LogP contribution in [0.4, 0.5) is 0 Å². The van der Waals surface area contributed by atoms with Crippen LogP contribution in [-0.4, -0.2) is 50.8 Å². The molecule has 0 N–H and O–H groups in total. The van der Waals surface area contributed by atoms with E-state index in [4.69, 9.17) is 16.3 Å². The Balaban J connectivity index is 2.31. The van der Waals surface area contributed by atoms with Gasteiger partial charge in [0.1, 0.15) is 16.2 Å². The van der Waals surface area contributed by atoms with E-state index in [-0.39, 0.29) is 16.1 Å². The van der Waals surface area contributed by atoms with Crippen molar-refractivity contribution in [1.82, 2.24) is 4.90 Å². The van der Waals surface area contributed by atoms with E-state index in [1.165, 1.54) is 7.11 Å². The van der Waals surface area contributed by atoms with Crippen molar-refractivity contribution >= 4 is 51.2 Å². The number of alkyl halides is 2. The van der Waals surface area contributed by atoms with E-state index in [0.29, 0.717) is 5.88 Å². The van der Waals surface area contributed by atoms with Crippen molar-refractivity contribution in [2.24, 2.45) is 0 Å². The number of esters is 1. The highest BCUT2D eigenvalue weighted by Gasteiger charge is 2.64. The van der Waals surface area contributed by atoms with Crippen LogP contribution < -0.4 is 0 Å². The molecule has 2 saturated heterocycles. The molecule has 0 aromatic rings. The van der Waals surface area contributed by atoms with E-state index < -0.39 is 16.8 Å². The van der Waals surface area contributed by atoms with Gasteiger partial charge in [0.25, 0.3) is 0 Å². The molecular weight excluding hydrogens is 318 g/mol. The van der Waals surface area contributed by atoms with Gasteiger partial charge in [-0.15, -0.1) is 23.4 Å². The lowest BCUT2D eigenvalue weighted by Gasteiger charge is -2.41. The number of thioether (sulfide) groups is 1. The Morgan fingerprint density at radius 3 is 2.88 bits per heavy atom. The Morgan fingerprint density at radius 2 is 2.38 bits per heavy atom. The van der Waals surface area contributed by atoms with Crippen LogP contribution in [-0.2, 0) is 14.3 Å². The molecule has 2 aliphatic rings. The third-order valence-corrected chi connectivity index (χ3v) is 6.55. The lowest BCUT2D eigenvalue weighted by atomic mass is 9.98. The summed E-state index contributed by atoms with van der Waals surface area (Å²) in [5.74, 6) is -0.162. The van der Waals surface area contributed by atoms with Crippen molar-refractivity contribution in [3.05, 3.63) is 0 Å². The van der Waals surface area contributed by atoms with Crippen LogP contribution in [0.5, 0.6) is 0 Å². The van der Waals surface area contributed by atoms with Crippen molar-refractivity contribution < 1.29 is 14.3 Å². The molecule has 4 nitrogen and oxygen atoms in total. The second-order valence-electron chi connectivity index (χ2n) is 4.03. The second-order valence-corrected chi connectivity index (χ2v) is 6.93. The normalized spacial score (nSPS) is 41.6. The van der Waals surface area contributed by atoms with Gasteiger partial charge < -0.3 is 9.64 Å². The third kappa shape index (κ3) is 1.49. The zero-order valence-corrected chi connectivity index (χ0v) is 11.9. The fraction of sp³-hybridized carbons (Fsp3) is 0.778. The van der Waals surface area contributed by atoms with Crippen molar-refractivity contribution in [1.29, 1.82) is 0 Å². The maximum Gasteiger partial charge on any atom is 0.330 e. The quantitative estimate of drug-likeness (QED) is 0.434. The summed E-state index contributed by atoms with van der Waals surface area (Å²) < 4.78 is 4.27. The number of fused-ring (bicyclic) bond motifs is 1. The molecule has 1 amide bonds. The average molecular weight is 329 g/mol. The van der Waals surface area contributed by atoms with Crippen LogP contribution in [0.2, 0.25) is 0 Å². The number of nitrogens with zero attached hydrogens (tertiary/aromatic N) is 1. The molecule has 7 heteroatoms. The summed E-state index contributed by atoms with van der Waals surface area (Å²) >= 11 is 10.8. The summed E-state index contributed by atoms with van der Waals surface area (Å²) in [6, 6.07) is -0.578. The molecule has 0 saturated carbocycles. The zero-order chi connectivity index (χ0) is 12.1. The lowest BCUT2D eigenvalue weighted by Crippen LogP contribution is -2.64. The van der Waals surface area contributed by atoms with Crippen LogP contribution in [0.15, 0.2) is 0 Å². The zero-order valence-electron chi connectivity index (χ0n) is 8.78. The topological polar surface area (TPSA) is 46.6 Å². The maximum atomic E-state index is 11.7. The van der Waals surface area contributed by atoms with E-state index in [9.17, 15) is 9.59 Å². The highest BCUT2D eigenvalue weighted by atomic mass is 79.9. The number of carbonyl (C=O) groups excluding carboxylic acids is 2. The number of hydrogen-bond donors (Lipinski definition) is 0. The van der Waals surface area contributed by atoms with Crippen LogP contribution >= 0.6 is 39.3 Å². The minimum atomic E-state index is -0.578. The summed E-state index contributed by atoms with van der Waals surface area (Å²) in [6.07, 6.45) is 0.